The predicted molar refractivity (Wildman–Crippen MR) is 145 cm³/mol. The van der Waals surface area contributed by atoms with Crippen molar-refractivity contribution in [1.82, 2.24) is 0 Å². The molecular weight excluding hydrogens is 486 g/mol. The van der Waals surface area contributed by atoms with Crippen LogP contribution in [-0.2, 0) is 9.59 Å². The summed E-state index contributed by atoms with van der Waals surface area (Å²) >= 11 is 0. The van der Waals surface area contributed by atoms with E-state index in [1.165, 1.54) is 29.3 Å². The molecule has 4 rings (SSSR count). The number of aryl methyl sites for hydroxylation is 1. The number of anilines is 2. The van der Waals surface area contributed by atoms with Crippen LogP contribution in [0.2, 0.25) is 0 Å². The zero-order chi connectivity index (χ0) is 27.2. The summed E-state index contributed by atoms with van der Waals surface area (Å²) in [6.45, 7) is 5.69. The average molecular weight is 514 g/mol. The molecule has 0 radical (unpaired) electrons. The molecule has 0 saturated carbocycles. The lowest BCUT2D eigenvalue weighted by molar-refractivity contribution is -0.118. The molecule has 2 amide bonds. The molecule has 3 aromatic carbocycles. The number of hydrogen-bond acceptors (Lipinski definition) is 6. The Hall–Kier alpha value is -4.92. The molecule has 1 aliphatic rings. The van der Waals surface area contributed by atoms with Crippen molar-refractivity contribution in [1.29, 1.82) is 0 Å². The minimum Gasteiger partial charge on any atom is -0.490 e. The molecule has 0 unspecified atom stereocenters. The van der Waals surface area contributed by atoms with Gasteiger partial charge in [0.15, 0.2) is 18.1 Å². The minimum atomic E-state index is -1.05. The van der Waals surface area contributed by atoms with Crippen LogP contribution in [0.4, 0.5) is 11.4 Å². The highest BCUT2D eigenvalue weighted by Gasteiger charge is 2.29. The van der Waals surface area contributed by atoms with Crippen LogP contribution in [0.25, 0.3) is 6.08 Å². The zero-order valence-electron chi connectivity index (χ0n) is 21.2. The van der Waals surface area contributed by atoms with Gasteiger partial charge in [-0.25, -0.2) is 4.79 Å². The third kappa shape index (κ3) is 6.07. The predicted octanol–water partition coefficient (Wildman–Crippen LogP) is 4.92. The number of hydrogen-bond donors (Lipinski definition) is 2. The van der Waals surface area contributed by atoms with E-state index in [-0.39, 0.29) is 24.0 Å². The first-order valence-electron chi connectivity index (χ1n) is 12.0. The van der Waals surface area contributed by atoms with Crippen molar-refractivity contribution in [3.63, 3.8) is 0 Å². The van der Waals surface area contributed by atoms with Crippen molar-refractivity contribution < 1.29 is 29.0 Å². The first-order valence-corrected chi connectivity index (χ1v) is 12.0. The second-order valence-corrected chi connectivity index (χ2v) is 8.56. The first-order chi connectivity index (χ1) is 18.2. The molecule has 0 aromatic heterocycles. The molecule has 0 spiro atoms. The number of nitrogens with zero attached hydrogens (tertiary/aromatic N) is 2. The fourth-order valence-corrected chi connectivity index (χ4v) is 3.84. The molecule has 194 valence electrons. The van der Waals surface area contributed by atoms with Gasteiger partial charge in [0.2, 0.25) is 0 Å². The van der Waals surface area contributed by atoms with E-state index in [9.17, 15) is 14.4 Å². The Morgan fingerprint density at radius 3 is 2.45 bits per heavy atom. The van der Waals surface area contributed by atoms with Gasteiger partial charge < -0.3 is 19.9 Å². The third-order valence-electron chi connectivity index (χ3n) is 5.66. The molecule has 2 N–H and O–H groups in total. The SMILES string of the molecule is CCOc1cc(C=C2C(=O)N(c3ccc(C(=O)O)cc3)N=C2C)ccc1OCC(=O)Nc1cccc(C)c1. The monoisotopic (exact) mass is 513 g/mol. The molecule has 0 fully saturated rings. The van der Waals surface area contributed by atoms with E-state index < -0.39 is 5.97 Å². The summed E-state index contributed by atoms with van der Waals surface area (Å²) in [5.41, 5.74) is 3.90. The number of rotatable bonds is 9. The van der Waals surface area contributed by atoms with Gasteiger partial charge in [-0.05, 0) is 86.5 Å². The second kappa shape index (κ2) is 11.4. The number of carbonyl (C=O) groups is 3. The van der Waals surface area contributed by atoms with Gasteiger partial charge in [0.1, 0.15) is 0 Å². The number of carboxylic acids is 1. The van der Waals surface area contributed by atoms with Crippen LogP contribution >= 0.6 is 0 Å². The number of amides is 2. The van der Waals surface area contributed by atoms with Gasteiger partial charge in [-0.2, -0.15) is 10.1 Å². The largest absolute Gasteiger partial charge is 0.490 e. The lowest BCUT2D eigenvalue weighted by Crippen LogP contribution is -2.21. The van der Waals surface area contributed by atoms with Crippen molar-refractivity contribution in [2.75, 3.05) is 23.5 Å². The summed E-state index contributed by atoms with van der Waals surface area (Å²) in [7, 11) is 0. The van der Waals surface area contributed by atoms with Crippen LogP contribution in [0.15, 0.2) is 77.4 Å². The van der Waals surface area contributed by atoms with E-state index in [0.29, 0.717) is 46.3 Å². The van der Waals surface area contributed by atoms with Gasteiger partial charge in [-0.1, -0.05) is 18.2 Å². The molecule has 9 nitrogen and oxygen atoms in total. The lowest BCUT2D eigenvalue weighted by atomic mass is 10.1. The Morgan fingerprint density at radius 1 is 1.00 bits per heavy atom. The van der Waals surface area contributed by atoms with Crippen molar-refractivity contribution in [2.45, 2.75) is 20.8 Å². The number of aromatic carboxylic acids is 1. The maximum atomic E-state index is 13.1. The van der Waals surface area contributed by atoms with Gasteiger partial charge in [-0.3, -0.25) is 9.59 Å². The molecule has 0 atom stereocenters. The first kappa shape index (κ1) is 26.2. The van der Waals surface area contributed by atoms with Gasteiger partial charge in [0.05, 0.1) is 29.1 Å². The summed E-state index contributed by atoms with van der Waals surface area (Å²) in [6, 6.07) is 18.6. The minimum absolute atomic E-state index is 0.121. The Bertz CT molecular complexity index is 1440. The quantitative estimate of drug-likeness (QED) is 0.393. The molecule has 9 heteroatoms. The van der Waals surface area contributed by atoms with Crippen molar-refractivity contribution in [3.8, 4) is 11.5 Å². The highest BCUT2D eigenvalue weighted by atomic mass is 16.5. The van der Waals surface area contributed by atoms with Crippen LogP contribution in [0.5, 0.6) is 11.5 Å². The maximum Gasteiger partial charge on any atom is 0.335 e. The smallest absolute Gasteiger partial charge is 0.335 e. The van der Waals surface area contributed by atoms with E-state index in [4.69, 9.17) is 14.6 Å². The van der Waals surface area contributed by atoms with E-state index in [0.717, 1.165) is 5.56 Å². The number of hydrazone groups is 1. The Labute approximate surface area is 220 Å². The molecule has 1 aliphatic heterocycles. The third-order valence-corrected chi connectivity index (χ3v) is 5.66. The fourth-order valence-electron chi connectivity index (χ4n) is 3.84. The molecule has 0 aliphatic carbocycles. The standard InChI is InChI=1S/C29H27N3O6/c1-4-37-26-16-20(8-13-25(26)38-17-27(33)30-22-7-5-6-18(2)14-22)15-24-19(3)31-32(28(24)34)23-11-9-21(10-12-23)29(35)36/h5-16H,4,17H2,1-3H3,(H,30,33)(H,35,36). The molecule has 3 aromatic rings. The summed E-state index contributed by atoms with van der Waals surface area (Å²) in [4.78, 5) is 36.6. The Morgan fingerprint density at radius 2 is 1.76 bits per heavy atom. The summed E-state index contributed by atoms with van der Waals surface area (Å²) in [6.07, 6.45) is 1.70. The van der Waals surface area contributed by atoms with Crippen LogP contribution < -0.4 is 19.8 Å². The van der Waals surface area contributed by atoms with E-state index in [1.54, 1.807) is 37.3 Å². The van der Waals surface area contributed by atoms with Crippen molar-refractivity contribution >= 4 is 40.9 Å². The number of carbonyl (C=O) groups excluding carboxylic acids is 2. The number of nitrogens with one attached hydrogen (secondary N) is 1. The molecule has 0 bridgehead atoms. The average Bonchev–Trinajstić information content (AvgIpc) is 3.17. The Kier molecular flexibility index (Phi) is 7.86. The highest BCUT2D eigenvalue weighted by Crippen LogP contribution is 2.31. The summed E-state index contributed by atoms with van der Waals surface area (Å²) in [5, 5.41) is 17.5. The van der Waals surface area contributed by atoms with Gasteiger partial charge in [0, 0.05) is 5.69 Å². The molecule has 1 heterocycles. The van der Waals surface area contributed by atoms with Crippen LogP contribution in [0.3, 0.4) is 0 Å². The van der Waals surface area contributed by atoms with Crippen molar-refractivity contribution in [3.05, 3.63) is 89.0 Å². The molecule has 0 saturated heterocycles. The number of ether oxygens (including phenoxy) is 2. The second-order valence-electron chi connectivity index (χ2n) is 8.56. The zero-order valence-corrected chi connectivity index (χ0v) is 21.2. The lowest BCUT2D eigenvalue weighted by Gasteiger charge is -2.13. The highest BCUT2D eigenvalue weighted by molar-refractivity contribution is 6.32. The topological polar surface area (TPSA) is 118 Å². The van der Waals surface area contributed by atoms with Crippen LogP contribution in [0.1, 0.15) is 35.3 Å². The van der Waals surface area contributed by atoms with Gasteiger partial charge in [-0.15, -0.1) is 0 Å². The summed E-state index contributed by atoms with van der Waals surface area (Å²) in [5.74, 6) is -0.849. The van der Waals surface area contributed by atoms with Crippen LogP contribution in [-0.4, -0.2) is 41.8 Å². The van der Waals surface area contributed by atoms with Crippen molar-refractivity contribution in [2.24, 2.45) is 5.10 Å². The normalized spacial score (nSPS) is 13.9. The van der Waals surface area contributed by atoms with Crippen LogP contribution in [0, 0.1) is 6.92 Å². The van der Waals surface area contributed by atoms with Gasteiger partial charge >= 0.3 is 5.97 Å². The van der Waals surface area contributed by atoms with E-state index in [2.05, 4.69) is 10.4 Å². The Balaban J connectivity index is 1.48. The fraction of sp³-hybridized carbons (Fsp3) is 0.172. The number of benzene rings is 3. The maximum absolute atomic E-state index is 13.1. The molecular formula is C29H27N3O6. The molecule has 38 heavy (non-hydrogen) atoms. The number of carboxylic acid groups (broad SMARTS) is 1. The van der Waals surface area contributed by atoms with E-state index >= 15 is 0 Å². The summed E-state index contributed by atoms with van der Waals surface area (Å²) < 4.78 is 11.4. The van der Waals surface area contributed by atoms with E-state index in [1.807, 2.05) is 32.0 Å². The van der Waals surface area contributed by atoms with Gasteiger partial charge in [0.25, 0.3) is 11.8 Å².